The van der Waals surface area contributed by atoms with Crippen molar-refractivity contribution in [3.05, 3.63) is 0 Å². The maximum Gasteiger partial charge on any atom is 0.244 e. The average Bonchev–Trinajstić information content (AvgIpc) is 2.92. The number of nitrogens with zero attached hydrogens (tertiary/aromatic N) is 1. The Morgan fingerprint density at radius 1 is 1.38 bits per heavy atom. The van der Waals surface area contributed by atoms with E-state index in [-0.39, 0.29) is 5.54 Å². The third-order valence-corrected chi connectivity index (χ3v) is 4.48. The average molecular weight is 222 g/mol. The summed E-state index contributed by atoms with van der Waals surface area (Å²) >= 11 is 0. The zero-order valence-electron chi connectivity index (χ0n) is 10.2. The van der Waals surface area contributed by atoms with Crippen LogP contribution in [0.3, 0.4) is 0 Å². The van der Waals surface area contributed by atoms with Gasteiger partial charge >= 0.3 is 0 Å². The number of carbonyl (C=O) groups is 1. The molecule has 16 heavy (non-hydrogen) atoms. The summed E-state index contributed by atoms with van der Waals surface area (Å²) in [6.45, 7) is 3.19. The van der Waals surface area contributed by atoms with E-state index in [2.05, 4.69) is 17.1 Å². The lowest BCUT2D eigenvalue weighted by molar-refractivity contribution is -0.133. The summed E-state index contributed by atoms with van der Waals surface area (Å²) in [5.74, 6) is 1.21. The number of rotatable bonds is 3. The van der Waals surface area contributed by atoms with Crippen molar-refractivity contribution < 1.29 is 4.79 Å². The maximum absolute atomic E-state index is 12.5. The minimum absolute atomic E-state index is 0.157. The molecule has 1 N–H and O–H groups in total. The summed E-state index contributed by atoms with van der Waals surface area (Å²) in [5.41, 5.74) is -0.157. The van der Waals surface area contributed by atoms with Crippen LogP contribution < -0.4 is 5.32 Å². The number of hydrogen-bond donors (Lipinski definition) is 1. The van der Waals surface area contributed by atoms with Gasteiger partial charge in [-0.15, -0.1) is 0 Å². The van der Waals surface area contributed by atoms with E-state index in [0.717, 1.165) is 31.7 Å². The van der Waals surface area contributed by atoms with Gasteiger partial charge in [-0.3, -0.25) is 10.1 Å². The summed E-state index contributed by atoms with van der Waals surface area (Å²) in [6, 6.07) is 0. The first-order chi connectivity index (χ1) is 7.75. The van der Waals surface area contributed by atoms with Crippen molar-refractivity contribution in [1.29, 1.82) is 0 Å². The number of nitrogens with one attached hydrogen (secondary N) is 1. The van der Waals surface area contributed by atoms with Crippen LogP contribution in [0.15, 0.2) is 0 Å². The number of carbonyl (C=O) groups excluding carboxylic acids is 1. The SMILES string of the molecule is CCC1NC2(CCCC2)C(=O)N1CC1CC1. The van der Waals surface area contributed by atoms with Crippen LogP contribution in [0.1, 0.15) is 51.9 Å². The Hall–Kier alpha value is -0.570. The Bertz CT molecular complexity index is 292. The van der Waals surface area contributed by atoms with Crippen LogP contribution in [-0.2, 0) is 4.79 Å². The molecule has 0 aromatic carbocycles. The molecule has 3 heteroatoms. The predicted molar refractivity (Wildman–Crippen MR) is 62.9 cm³/mol. The largest absolute Gasteiger partial charge is 0.325 e. The molecule has 90 valence electrons. The Kier molecular flexibility index (Phi) is 2.46. The van der Waals surface area contributed by atoms with E-state index in [1.165, 1.54) is 25.7 Å². The topological polar surface area (TPSA) is 32.3 Å². The minimum atomic E-state index is -0.157. The molecule has 3 fully saturated rings. The van der Waals surface area contributed by atoms with Crippen LogP contribution in [-0.4, -0.2) is 29.1 Å². The third-order valence-electron chi connectivity index (χ3n) is 4.48. The molecule has 3 aliphatic rings. The molecule has 1 atom stereocenters. The molecule has 1 spiro atoms. The Morgan fingerprint density at radius 2 is 2.06 bits per heavy atom. The summed E-state index contributed by atoms with van der Waals surface area (Å²) in [4.78, 5) is 14.7. The molecule has 3 rings (SSSR count). The van der Waals surface area contributed by atoms with Gasteiger partial charge in [0.15, 0.2) is 0 Å². The molecular weight excluding hydrogens is 200 g/mol. The van der Waals surface area contributed by atoms with Crippen molar-refractivity contribution in [2.45, 2.75) is 63.6 Å². The van der Waals surface area contributed by atoms with E-state index in [1.807, 2.05) is 0 Å². The van der Waals surface area contributed by atoms with Crippen LogP contribution in [0.5, 0.6) is 0 Å². The van der Waals surface area contributed by atoms with Gasteiger partial charge in [-0.2, -0.15) is 0 Å². The summed E-state index contributed by atoms with van der Waals surface area (Å²) in [7, 11) is 0. The first kappa shape index (κ1) is 10.6. The second kappa shape index (κ2) is 3.73. The number of amides is 1. The third kappa shape index (κ3) is 1.56. The van der Waals surface area contributed by atoms with Crippen LogP contribution >= 0.6 is 0 Å². The first-order valence-corrected chi connectivity index (χ1v) is 6.84. The van der Waals surface area contributed by atoms with Crippen LogP contribution in [0.2, 0.25) is 0 Å². The van der Waals surface area contributed by atoms with Gasteiger partial charge in [-0.25, -0.2) is 0 Å². The fraction of sp³-hybridized carbons (Fsp3) is 0.923. The molecule has 2 aliphatic carbocycles. The van der Waals surface area contributed by atoms with Gasteiger partial charge in [-0.1, -0.05) is 19.8 Å². The fourth-order valence-electron chi connectivity index (χ4n) is 3.32. The molecule has 1 heterocycles. The van der Waals surface area contributed by atoms with Gasteiger partial charge < -0.3 is 4.90 Å². The monoisotopic (exact) mass is 222 g/mol. The summed E-state index contributed by atoms with van der Waals surface area (Å²) in [6.07, 6.45) is 8.55. The smallest absolute Gasteiger partial charge is 0.244 e. The second-order valence-corrected chi connectivity index (χ2v) is 5.76. The molecule has 1 aliphatic heterocycles. The zero-order valence-corrected chi connectivity index (χ0v) is 10.2. The standard InChI is InChI=1S/C13H22N2O/c1-2-11-14-13(7-3-4-8-13)12(16)15(11)9-10-5-6-10/h10-11,14H,2-9H2,1H3. The molecule has 3 nitrogen and oxygen atoms in total. The van der Waals surface area contributed by atoms with Crippen molar-refractivity contribution >= 4 is 5.91 Å². The van der Waals surface area contributed by atoms with Crippen molar-refractivity contribution in [1.82, 2.24) is 10.2 Å². The van der Waals surface area contributed by atoms with Gasteiger partial charge in [0, 0.05) is 6.54 Å². The van der Waals surface area contributed by atoms with E-state index in [1.54, 1.807) is 0 Å². The van der Waals surface area contributed by atoms with E-state index >= 15 is 0 Å². The van der Waals surface area contributed by atoms with E-state index in [9.17, 15) is 4.79 Å². The van der Waals surface area contributed by atoms with Crippen molar-refractivity contribution in [3.8, 4) is 0 Å². The van der Waals surface area contributed by atoms with Crippen molar-refractivity contribution in [3.63, 3.8) is 0 Å². The van der Waals surface area contributed by atoms with Crippen LogP contribution in [0.4, 0.5) is 0 Å². The zero-order chi connectivity index (χ0) is 11.2. The Labute approximate surface area is 97.6 Å². The number of hydrogen-bond acceptors (Lipinski definition) is 2. The maximum atomic E-state index is 12.5. The lowest BCUT2D eigenvalue weighted by Crippen LogP contribution is -2.44. The quantitative estimate of drug-likeness (QED) is 0.790. The lowest BCUT2D eigenvalue weighted by atomic mass is 9.98. The van der Waals surface area contributed by atoms with E-state index in [0.29, 0.717) is 12.1 Å². The second-order valence-electron chi connectivity index (χ2n) is 5.76. The predicted octanol–water partition coefficient (Wildman–Crippen LogP) is 1.88. The normalized spacial score (nSPS) is 32.9. The summed E-state index contributed by atoms with van der Waals surface area (Å²) in [5, 5.41) is 3.63. The Morgan fingerprint density at radius 3 is 2.62 bits per heavy atom. The highest BCUT2D eigenvalue weighted by Gasteiger charge is 2.52. The van der Waals surface area contributed by atoms with Crippen LogP contribution in [0.25, 0.3) is 0 Å². The van der Waals surface area contributed by atoms with Gasteiger partial charge in [0.25, 0.3) is 0 Å². The summed E-state index contributed by atoms with van der Waals surface area (Å²) < 4.78 is 0. The lowest BCUT2D eigenvalue weighted by Gasteiger charge is -2.23. The molecule has 1 saturated heterocycles. The first-order valence-electron chi connectivity index (χ1n) is 6.84. The molecule has 0 radical (unpaired) electrons. The molecular formula is C13H22N2O. The van der Waals surface area contributed by atoms with Gasteiger partial charge in [-0.05, 0) is 38.0 Å². The van der Waals surface area contributed by atoms with Gasteiger partial charge in [0.2, 0.25) is 5.91 Å². The fourth-order valence-corrected chi connectivity index (χ4v) is 3.32. The Balaban J connectivity index is 1.77. The molecule has 1 unspecified atom stereocenters. The minimum Gasteiger partial charge on any atom is -0.325 e. The molecule has 0 aromatic rings. The van der Waals surface area contributed by atoms with Gasteiger partial charge in [0.05, 0.1) is 11.7 Å². The van der Waals surface area contributed by atoms with Crippen molar-refractivity contribution in [2.75, 3.05) is 6.54 Å². The molecule has 1 amide bonds. The van der Waals surface area contributed by atoms with Crippen molar-refractivity contribution in [2.24, 2.45) is 5.92 Å². The van der Waals surface area contributed by atoms with E-state index in [4.69, 9.17) is 0 Å². The molecule has 0 bridgehead atoms. The highest BCUT2D eigenvalue weighted by Crippen LogP contribution is 2.39. The highest BCUT2D eigenvalue weighted by molar-refractivity contribution is 5.89. The van der Waals surface area contributed by atoms with Crippen LogP contribution in [0, 0.1) is 5.92 Å². The van der Waals surface area contributed by atoms with Gasteiger partial charge in [0.1, 0.15) is 0 Å². The molecule has 0 aromatic heterocycles. The van der Waals surface area contributed by atoms with E-state index < -0.39 is 0 Å². The highest BCUT2D eigenvalue weighted by atomic mass is 16.2. The molecule has 2 saturated carbocycles.